The van der Waals surface area contributed by atoms with E-state index in [2.05, 4.69) is 0 Å². The predicted octanol–water partition coefficient (Wildman–Crippen LogP) is 0.792. The van der Waals surface area contributed by atoms with Gasteiger partial charge in [-0.15, -0.1) is 0 Å². The monoisotopic (exact) mass is 160 g/mol. The van der Waals surface area contributed by atoms with Gasteiger partial charge in [0.2, 0.25) is 0 Å². The van der Waals surface area contributed by atoms with E-state index in [9.17, 15) is 0 Å². The minimum Gasteiger partial charge on any atom is -0.380 e. The van der Waals surface area contributed by atoms with Crippen LogP contribution in [0.15, 0.2) is 0 Å². The Balaban J connectivity index is 2.19. The van der Waals surface area contributed by atoms with Crippen LogP contribution in [-0.2, 0) is 4.74 Å². The van der Waals surface area contributed by atoms with E-state index >= 15 is 0 Å². The number of amidine groups is 1. The van der Waals surface area contributed by atoms with Gasteiger partial charge < -0.3 is 10.5 Å². The topological polar surface area (TPSA) is 59.1 Å². The summed E-state index contributed by atoms with van der Waals surface area (Å²) >= 11 is 1.41. The van der Waals surface area contributed by atoms with E-state index in [1.54, 1.807) is 0 Å². The number of hydrogen-bond acceptors (Lipinski definition) is 3. The Kier molecular flexibility index (Phi) is 3.02. The first-order valence-electron chi connectivity index (χ1n) is 3.37. The van der Waals surface area contributed by atoms with Gasteiger partial charge in [0, 0.05) is 11.9 Å². The van der Waals surface area contributed by atoms with Crippen LogP contribution >= 0.6 is 11.8 Å². The molecule has 1 aliphatic heterocycles. The first-order chi connectivity index (χ1) is 4.79. The van der Waals surface area contributed by atoms with Gasteiger partial charge in [-0.25, -0.2) is 0 Å². The highest BCUT2D eigenvalue weighted by Crippen LogP contribution is 2.19. The zero-order valence-corrected chi connectivity index (χ0v) is 6.62. The van der Waals surface area contributed by atoms with Crippen molar-refractivity contribution in [1.29, 1.82) is 5.41 Å². The Labute approximate surface area is 64.8 Å². The fourth-order valence-corrected chi connectivity index (χ4v) is 1.79. The van der Waals surface area contributed by atoms with Crippen molar-refractivity contribution in [3.05, 3.63) is 0 Å². The van der Waals surface area contributed by atoms with Crippen molar-refractivity contribution in [2.45, 2.75) is 18.1 Å². The molecule has 0 aromatic carbocycles. The second kappa shape index (κ2) is 3.83. The Bertz CT molecular complexity index is 123. The Hall–Kier alpha value is -0.220. The first-order valence-corrected chi connectivity index (χ1v) is 4.25. The fourth-order valence-electron chi connectivity index (χ4n) is 0.984. The van der Waals surface area contributed by atoms with Crippen molar-refractivity contribution in [3.63, 3.8) is 0 Å². The molecule has 0 aliphatic carbocycles. The van der Waals surface area contributed by atoms with Gasteiger partial charge in [-0.3, -0.25) is 5.41 Å². The van der Waals surface area contributed by atoms with Crippen LogP contribution in [0, 0.1) is 5.41 Å². The largest absolute Gasteiger partial charge is 0.380 e. The Morgan fingerprint density at radius 1 is 1.70 bits per heavy atom. The molecule has 0 aromatic heterocycles. The quantitative estimate of drug-likeness (QED) is 0.440. The number of thioether (sulfide) groups is 1. The van der Waals surface area contributed by atoms with Gasteiger partial charge in [0.15, 0.2) is 5.17 Å². The average molecular weight is 160 g/mol. The van der Waals surface area contributed by atoms with E-state index in [1.807, 2.05) is 0 Å². The van der Waals surface area contributed by atoms with Crippen molar-refractivity contribution in [3.8, 4) is 0 Å². The smallest absolute Gasteiger partial charge is 0.151 e. The summed E-state index contributed by atoms with van der Waals surface area (Å²) in [6.07, 6.45) is 2.23. The van der Waals surface area contributed by atoms with E-state index in [0.717, 1.165) is 26.1 Å². The molecule has 0 bridgehead atoms. The summed E-state index contributed by atoms with van der Waals surface area (Å²) in [5.74, 6) is 0. The molecule has 4 heteroatoms. The van der Waals surface area contributed by atoms with Crippen LogP contribution in [0.2, 0.25) is 0 Å². The number of nitrogens with one attached hydrogen (secondary N) is 1. The second-order valence-electron chi connectivity index (χ2n) is 2.32. The third kappa shape index (κ3) is 2.58. The van der Waals surface area contributed by atoms with E-state index in [4.69, 9.17) is 15.9 Å². The first kappa shape index (κ1) is 7.88. The summed E-state index contributed by atoms with van der Waals surface area (Å²) in [6.45, 7) is 1.62. The molecule has 3 nitrogen and oxygen atoms in total. The van der Waals surface area contributed by atoms with E-state index in [0.29, 0.717) is 5.25 Å². The summed E-state index contributed by atoms with van der Waals surface area (Å²) in [6, 6.07) is 0. The van der Waals surface area contributed by atoms with Gasteiger partial charge in [-0.05, 0) is 12.8 Å². The van der Waals surface area contributed by atoms with Crippen LogP contribution in [0.4, 0.5) is 0 Å². The van der Waals surface area contributed by atoms with E-state index in [-0.39, 0.29) is 5.17 Å². The number of nitrogens with two attached hydrogens (primary N) is 1. The zero-order chi connectivity index (χ0) is 7.40. The molecule has 1 saturated heterocycles. The Morgan fingerprint density at radius 3 is 3.00 bits per heavy atom. The lowest BCUT2D eigenvalue weighted by molar-refractivity contribution is 0.102. The highest BCUT2D eigenvalue weighted by molar-refractivity contribution is 8.14. The van der Waals surface area contributed by atoms with Crippen LogP contribution in [0.3, 0.4) is 0 Å². The maximum Gasteiger partial charge on any atom is 0.151 e. The summed E-state index contributed by atoms with van der Waals surface area (Å²) in [4.78, 5) is 0. The molecule has 0 saturated carbocycles. The number of hydrogen-bond donors (Lipinski definition) is 2. The highest BCUT2D eigenvalue weighted by Gasteiger charge is 2.14. The third-order valence-electron chi connectivity index (χ3n) is 1.41. The van der Waals surface area contributed by atoms with Crippen LogP contribution in [0.1, 0.15) is 12.8 Å². The molecule has 1 fully saturated rings. The van der Waals surface area contributed by atoms with Gasteiger partial charge >= 0.3 is 0 Å². The third-order valence-corrected chi connectivity index (χ3v) is 2.37. The molecule has 1 heterocycles. The molecular weight excluding hydrogens is 148 g/mol. The summed E-state index contributed by atoms with van der Waals surface area (Å²) in [5.41, 5.74) is 5.21. The Morgan fingerprint density at radius 2 is 2.50 bits per heavy atom. The minimum absolute atomic E-state index is 0.204. The molecule has 1 unspecified atom stereocenters. The summed E-state index contributed by atoms with van der Waals surface area (Å²) in [7, 11) is 0. The standard InChI is InChI=1S/C6H12N2OS/c7-6(8)10-5-2-1-3-9-4-5/h5H,1-4H2,(H3,7,8). The van der Waals surface area contributed by atoms with Gasteiger partial charge in [0.25, 0.3) is 0 Å². The van der Waals surface area contributed by atoms with Crippen molar-refractivity contribution < 1.29 is 4.74 Å². The lowest BCUT2D eigenvalue weighted by atomic mass is 10.2. The maximum atomic E-state index is 7.02. The predicted molar refractivity (Wildman–Crippen MR) is 43.3 cm³/mol. The fraction of sp³-hybridized carbons (Fsp3) is 0.833. The van der Waals surface area contributed by atoms with Gasteiger partial charge in [-0.2, -0.15) is 0 Å². The highest BCUT2D eigenvalue weighted by atomic mass is 32.2. The van der Waals surface area contributed by atoms with E-state index in [1.165, 1.54) is 11.8 Å². The molecular formula is C6H12N2OS. The second-order valence-corrected chi connectivity index (χ2v) is 3.66. The van der Waals surface area contributed by atoms with Gasteiger partial charge in [-0.1, -0.05) is 11.8 Å². The summed E-state index contributed by atoms with van der Waals surface area (Å²) < 4.78 is 5.21. The van der Waals surface area contributed by atoms with Crippen LogP contribution in [-0.4, -0.2) is 23.6 Å². The molecule has 0 amide bonds. The molecule has 1 atom stereocenters. The van der Waals surface area contributed by atoms with Crippen molar-refractivity contribution in [1.82, 2.24) is 0 Å². The van der Waals surface area contributed by atoms with Gasteiger partial charge in [0.1, 0.15) is 0 Å². The van der Waals surface area contributed by atoms with Crippen molar-refractivity contribution in [2.24, 2.45) is 5.73 Å². The molecule has 3 N–H and O–H groups in total. The molecule has 0 radical (unpaired) electrons. The minimum atomic E-state index is 0.204. The van der Waals surface area contributed by atoms with Crippen LogP contribution in [0.25, 0.3) is 0 Å². The SMILES string of the molecule is N=C(N)SC1CCCOC1. The zero-order valence-electron chi connectivity index (χ0n) is 5.80. The lowest BCUT2D eigenvalue weighted by Gasteiger charge is -2.20. The van der Waals surface area contributed by atoms with Crippen LogP contribution < -0.4 is 5.73 Å². The van der Waals surface area contributed by atoms with Crippen LogP contribution in [0.5, 0.6) is 0 Å². The van der Waals surface area contributed by atoms with Crippen molar-refractivity contribution >= 4 is 16.9 Å². The molecule has 1 rings (SSSR count). The molecule has 58 valence electrons. The molecule has 10 heavy (non-hydrogen) atoms. The molecule has 1 aliphatic rings. The van der Waals surface area contributed by atoms with Crippen molar-refractivity contribution in [2.75, 3.05) is 13.2 Å². The molecule has 0 spiro atoms. The van der Waals surface area contributed by atoms with E-state index < -0.39 is 0 Å². The lowest BCUT2D eigenvalue weighted by Crippen LogP contribution is -2.22. The number of ether oxygens (including phenoxy) is 1. The normalized spacial score (nSPS) is 26.2. The molecule has 0 aromatic rings. The van der Waals surface area contributed by atoms with Gasteiger partial charge in [0.05, 0.1) is 6.61 Å². The maximum absolute atomic E-state index is 7.02. The number of rotatable bonds is 1. The summed E-state index contributed by atoms with van der Waals surface area (Å²) in [5, 5.41) is 7.64. The average Bonchev–Trinajstić information content (AvgIpc) is 1.88.